The van der Waals surface area contributed by atoms with E-state index in [4.69, 9.17) is 9.84 Å². The van der Waals surface area contributed by atoms with Gasteiger partial charge in [0.2, 0.25) is 5.88 Å². The molecule has 0 spiro atoms. The quantitative estimate of drug-likeness (QED) is 0.837. The van der Waals surface area contributed by atoms with Crippen LogP contribution in [-0.4, -0.2) is 37.9 Å². The number of nitrogens with zero attached hydrogens (tertiary/aromatic N) is 4. The van der Waals surface area contributed by atoms with Crippen LogP contribution in [0.1, 0.15) is 10.6 Å². The van der Waals surface area contributed by atoms with Crippen molar-refractivity contribution >= 4 is 5.97 Å². The van der Waals surface area contributed by atoms with Crippen LogP contribution in [0.4, 0.5) is 4.39 Å². The van der Waals surface area contributed by atoms with Crippen LogP contribution >= 0.6 is 0 Å². The lowest BCUT2D eigenvalue weighted by Crippen LogP contribution is -2.04. The lowest BCUT2D eigenvalue weighted by molar-refractivity contribution is 0.0683. The molecule has 2 heterocycles. The Labute approximate surface area is 94.5 Å². The molecular weight excluding hydrogens is 231 g/mol. The highest BCUT2D eigenvalue weighted by atomic mass is 19.1. The maximum atomic E-state index is 13.0. The maximum absolute atomic E-state index is 13.0. The molecule has 0 saturated heterocycles. The molecule has 8 heteroatoms. The Morgan fingerprint density at radius 3 is 2.88 bits per heavy atom. The molecule has 0 bridgehead atoms. The van der Waals surface area contributed by atoms with Gasteiger partial charge in [0.25, 0.3) is 5.82 Å². The van der Waals surface area contributed by atoms with Crippen molar-refractivity contribution in [3.63, 3.8) is 0 Å². The number of pyridine rings is 1. The number of hydrogen-bond acceptors (Lipinski definition) is 5. The predicted molar refractivity (Wildman–Crippen MR) is 52.6 cm³/mol. The van der Waals surface area contributed by atoms with Gasteiger partial charge in [-0.25, -0.2) is 23.8 Å². The summed E-state index contributed by atoms with van der Waals surface area (Å²) in [6.45, 7) is 0. The number of hydrogen-bond donors (Lipinski definition) is 1. The van der Waals surface area contributed by atoms with Crippen LogP contribution in [-0.2, 0) is 0 Å². The third-order valence-corrected chi connectivity index (χ3v) is 1.92. The highest BCUT2D eigenvalue weighted by Gasteiger charge is 2.14. The molecule has 0 amide bonds. The first kappa shape index (κ1) is 11.0. The summed E-state index contributed by atoms with van der Waals surface area (Å²) in [6.07, 6.45) is 2.12. The van der Waals surface area contributed by atoms with E-state index in [1.807, 2.05) is 0 Å². The highest BCUT2D eigenvalue weighted by molar-refractivity contribution is 5.82. The van der Waals surface area contributed by atoms with Crippen LogP contribution in [0.2, 0.25) is 0 Å². The Bertz CT molecular complexity index is 569. The van der Waals surface area contributed by atoms with Gasteiger partial charge in [-0.05, 0) is 0 Å². The van der Waals surface area contributed by atoms with Gasteiger partial charge in [0.15, 0.2) is 0 Å². The van der Waals surface area contributed by atoms with Gasteiger partial charge >= 0.3 is 5.97 Å². The van der Waals surface area contributed by atoms with Gasteiger partial charge in [0.1, 0.15) is 17.8 Å². The van der Waals surface area contributed by atoms with E-state index in [1.54, 1.807) is 0 Å². The standard InChI is InChI=1S/C9H7FN4O3/c1-17-8-6(2-5(10)3-11-8)14-4-12-7(13-14)9(15)16/h2-4H,1H3,(H,15,16). The van der Waals surface area contributed by atoms with Gasteiger partial charge < -0.3 is 9.84 Å². The molecule has 0 atom stereocenters. The smallest absolute Gasteiger partial charge is 0.375 e. The molecule has 0 unspecified atom stereocenters. The lowest BCUT2D eigenvalue weighted by atomic mass is 10.4. The molecule has 0 radical (unpaired) electrons. The normalized spacial score (nSPS) is 10.2. The summed E-state index contributed by atoms with van der Waals surface area (Å²) in [6, 6.07) is 1.12. The number of carboxylic acids is 1. The lowest BCUT2D eigenvalue weighted by Gasteiger charge is -2.05. The van der Waals surface area contributed by atoms with E-state index in [2.05, 4.69) is 15.1 Å². The molecular formula is C9H7FN4O3. The predicted octanol–water partition coefficient (Wildman–Crippen LogP) is 0.508. The van der Waals surface area contributed by atoms with E-state index in [9.17, 15) is 9.18 Å². The summed E-state index contributed by atoms with van der Waals surface area (Å²) in [4.78, 5) is 17.8. The molecule has 0 saturated carbocycles. The van der Waals surface area contributed by atoms with Crippen LogP contribution < -0.4 is 4.74 Å². The van der Waals surface area contributed by atoms with Crippen LogP contribution in [0, 0.1) is 5.82 Å². The Hall–Kier alpha value is -2.51. The maximum Gasteiger partial charge on any atom is 0.375 e. The molecule has 7 nitrogen and oxygen atoms in total. The fraction of sp³-hybridized carbons (Fsp3) is 0.111. The van der Waals surface area contributed by atoms with Crippen LogP contribution in [0.15, 0.2) is 18.6 Å². The minimum atomic E-state index is -1.27. The summed E-state index contributed by atoms with van der Waals surface area (Å²) in [5.74, 6) is -2.13. The van der Waals surface area contributed by atoms with Crippen molar-refractivity contribution in [2.24, 2.45) is 0 Å². The fourth-order valence-corrected chi connectivity index (χ4v) is 1.21. The topological polar surface area (TPSA) is 90.1 Å². The van der Waals surface area contributed by atoms with Crippen molar-refractivity contribution in [2.45, 2.75) is 0 Å². The number of rotatable bonds is 3. The molecule has 0 fully saturated rings. The second kappa shape index (κ2) is 4.16. The van der Waals surface area contributed by atoms with E-state index < -0.39 is 17.6 Å². The van der Waals surface area contributed by atoms with Gasteiger partial charge in [-0.15, -0.1) is 5.10 Å². The largest absolute Gasteiger partial charge is 0.479 e. The number of ether oxygens (including phenoxy) is 1. The average molecular weight is 238 g/mol. The van der Waals surface area contributed by atoms with Crippen molar-refractivity contribution in [3.8, 4) is 11.6 Å². The number of aromatic nitrogens is 4. The third-order valence-electron chi connectivity index (χ3n) is 1.92. The number of carboxylic acid groups (broad SMARTS) is 1. The van der Waals surface area contributed by atoms with Gasteiger partial charge in [-0.2, -0.15) is 0 Å². The average Bonchev–Trinajstić information content (AvgIpc) is 2.78. The number of halogens is 1. The summed E-state index contributed by atoms with van der Waals surface area (Å²) >= 11 is 0. The molecule has 17 heavy (non-hydrogen) atoms. The Morgan fingerprint density at radius 1 is 1.53 bits per heavy atom. The van der Waals surface area contributed by atoms with E-state index >= 15 is 0 Å². The first-order valence-corrected chi connectivity index (χ1v) is 4.46. The first-order valence-electron chi connectivity index (χ1n) is 4.46. The van der Waals surface area contributed by atoms with Crippen molar-refractivity contribution in [1.29, 1.82) is 0 Å². The van der Waals surface area contributed by atoms with E-state index in [0.717, 1.165) is 23.3 Å². The zero-order chi connectivity index (χ0) is 12.4. The summed E-state index contributed by atoms with van der Waals surface area (Å²) in [5.41, 5.74) is 0.174. The third kappa shape index (κ3) is 2.05. The molecule has 0 aliphatic rings. The van der Waals surface area contributed by atoms with Gasteiger partial charge in [0.05, 0.1) is 13.3 Å². The summed E-state index contributed by atoms with van der Waals surface area (Å²) < 4.78 is 19.0. The van der Waals surface area contributed by atoms with Crippen LogP contribution in [0.25, 0.3) is 5.69 Å². The molecule has 0 aliphatic heterocycles. The molecule has 2 aromatic heterocycles. The van der Waals surface area contributed by atoms with Gasteiger partial charge in [0, 0.05) is 6.07 Å². The van der Waals surface area contributed by atoms with Crippen LogP contribution in [0.5, 0.6) is 5.88 Å². The molecule has 88 valence electrons. The Morgan fingerprint density at radius 2 is 2.29 bits per heavy atom. The molecule has 0 aromatic carbocycles. The first-order chi connectivity index (χ1) is 8.11. The van der Waals surface area contributed by atoms with Crippen molar-refractivity contribution in [2.75, 3.05) is 7.11 Å². The highest BCUT2D eigenvalue weighted by Crippen LogP contribution is 2.19. The zero-order valence-corrected chi connectivity index (χ0v) is 8.66. The van der Waals surface area contributed by atoms with Crippen LogP contribution in [0.3, 0.4) is 0 Å². The van der Waals surface area contributed by atoms with Crippen molar-refractivity contribution in [1.82, 2.24) is 19.7 Å². The zero-order valence-electron chi connectivity index (χ0n) is 8.66. The van der Waals surface area contributed by atoms with Gasteiger partial charge in [-0.1, -0.05) is 0 Å². The fourth-order valence-electron chi connectivity index (χ4n) is 1.21. The van der Waals surface area contributed by atoms with Crippen molar-refractivity contribution in [3.05, 3.63) is 30.2 Å². The SMILES string of the molecule is COc1ncc(F)cc1-n1cnc(C(=O)O)n1. The molecule has 2 rings (SSSR count). The number of carbonyl (C=O) groups is 1. The number of methoxy groups -OCH3 is 1. The van der Waals surface area contributed by atoms with E-state index in [1.165, 1.54) is 7.11 Å². The summed E-state index contributed by atoms with van der Waals surface area (Å²) in [7, 11) is 1.36. The second-order valence-corrected chi connectivity index (χ2v) is 3.00. The Kier molecular flexibility index (Phi) is 2.69. The van der Waals surface area contributed by atoms with E-state index in [0.29, 0.717) is 0 Å². The second-order valence-electron chi connectivity index (χ2n) is 3.00. The minimum Gasteiger partial charge on any atom is -0.479 e. The number of aromatic carboxylic acids is 1. The monoisotopic (exact) mass is 238 g/mol. The van der Waals surface area contributed by atoms with Gasteiger partial charge in [-0.3, -0.25) is 0 Å². The molecule has 0 aliphatic carbocycles. The Balaban J connectivity index is 2.51. The molecule has 1 N–H and O–H groups in total. The molecule has 2 aromatic rings. The van der Waals surface area contributed by atoms with Crippen molar-refractivity contribution < 1.29 is 19.0 Å². The minimum absolute atomic E-state index is 0.119. The summed E-state index contributed by atoms with van der Waals surface area (Å²) in [5, 5.41) is 12.3. The van der Waals surface area contributed by atoms with E-state index in [-0.39, 0.29) is 11.6 Å².